The van der Waals surface area contributed by atoms with Crippen molar-refractivity contribution in [3.63, 3.8) is 0 Å². The monoisotopic (exact) mass is 365 g/mol. The van der Waals surface area contributed by atoms with Gasteiger partial charge in [-0.05, 0) is 23.8 Å². The van der Waals surface area contributed by atoms with Crippen LogP contribution >= 0.6 is 11.6 Å². The third-order valence-corrected chi connectivity index (χ3v) is 4.52. The van der Waals surface area contributed by atoms with E-state index in [0.29, 0.717) is 17.3 Å². The van der Waals surface area contributed by atoms with Crippen LogP contribution in [0.15, 0.2) is 55.2 Å². The SMILES string of the molecule is CN(Cc1cccnc1)C(=O)c1cc(-c2c(Cl)cnc3[nH]ccc23)c[nH]1. The molecule has 4 heterocycles. The van der Waals surface area contributed by atoms with Crippen LogP contribution in [0.1, 0.15) is 16.1 Å². The van der Waals surface area contributed by atoms with Gasteiger partial charge in [0, 0.05) is 61.1 Å². The van der Waals surface area contributed by atoms with Gasteiger partial charge in [-0.2, -0.15) is 0 Å². The number of hydrogen-bond donors (Lipinski definition) is 2. The minimum absolute atomic E-state index is 0.101. The number of pyridine rings is 2. The molecule has 7 heteroatoms. The van der Waals surface area contributed by atoms with Crippen LogP contribution in [0.4, 0.5) is 0 Å². The molecule has 130 valence electrons. The molecule has 0 aliphatic rings. The molecule has 4 aromatic heterocycles. The molecule has 0 radical (unpaired) electrons. The summed E-state index contributed by atoms with van der Waals surface area (Å²) in [4.78, 5) is 28.8. The molecular formula is C19H16ClN5O. The largest absolute Gasteiger partial charge is 0.357 e. The van der Waals surface area contributed by atoms with Crippen molar-refractivity contribution < 1.29 is 4.79 Å². The first-order chi connectivity index (χ1) is 12.6. The predicted molar refractivity (Wildman–Crippen MR) is 101 cm³/mol. The number of carbonyl (C=O) groups is 1. The van der Waals surface area contributed by atoms with Gasteiger partial charge in [-0.25, -0.2) is 4.98 Å². The van der Waals surface area contributed by atoms with Crippen molar-refractivity contribution in [1.29, 1.82) is 0 Å². The molecule has 0 atom stereocenters. The zero-order chi connectivity index (χ0) is 18.1. The molecule has 26 heavy (non-hydrogen) atoms. The lowest BCUT2D eigenvalue weighted by atomic mass is 10.1. The number of nitrogens with zero attached hydrogens (tertiary/aromatic N) is 3. The molecule has 1 amide bonds. The van der Waals surface area contributed by atoms with Crippen molar-refractivity contribution in [2.24, 2.45) is 0 Å². The molecule has 0 aliphatic heterocycles. The zero-order valence-corrected chi connectivity index (χ0v) is 14.8. The maximum absolute atomic E-state index is 12.7. The number of hydrogen-bond acceptors (Lipinski definition) is 3. The number of aromatic amines is 2. The number of halogens is 1. The number of H-pyrrole nitrogens is 2. The summed E-state index contributed by atoms with van der Waals surface area (Å²) < 4.78 is 0. The van der Waals surface area contributed by atoms with E-state index in [1.54, 1.807) is 36.7 Å². The van der Waals surface area contributed by atoms with Crippen LogP contribution in [0, 0.1) is 0 Å². The van der Waals surface area contributed by atoms with E-state index in [-0.39, 0.29) is 5.91 Å². The van der Waals surface area contributed by atoms with E-state index in [1.165, 1.54) is 0 Å². The Hall–Kier alpha value is -3.12. The smallest absolute Gasteiger partial charge is 0.270 e. The molecule has 0 saturated heterocycles. The summed E-state index contributed by atoms with van der Waals surface area (Å²) in [5, 5.41) is 1.46. The van der Waals surface area contributed by atoms with Crippen LogP contribution in [0.5, 0.6) is 0 Å². The lowest BCUT2D eigenvalue weighted by molar-refractivity contribution is 0.0780. The lowest BCUT2D eigenvalue weighted by Crippen LogP contribution is -2.26. The van der Waals surface area contributed by atoms with Gasteiger partial charge in [-0.1, -0.05) is 17.7 Å². The zero-order valence-electron chi connectivity index (χ0n) is 14.0. The molecule has 2 N–H and O–H groups in total. The van der Waals surface area contributed by atoms with Crippen molar-refractivity contribution in [3.8, 4) is 11.1 Å². The van der Waals surface area contributed by atoms with Crippen molar-refractivity contribution in [2.45, 2.75) is 6.54 Å². The van der Waals surface area contributed by atoms with Gasteiger partial charge in [0.25, 0.3) is 5.91 Å². The van der Waals surface area contributed by atoms with Gasteiger partial charge in [-0.15, -0.1) is 0 Å². The second-order valence-electron chi connectivity index (χ2n) is 6.05. The summed E-state index contributed by atoms with van der Waals surface area (Å²) in [7, 11) is 1.76. The molecular weight excluding hydrogens is 350 g/mol. The Labute approximate surface area is 154 Å². The van der Waals surface area contributed by atoms with Gasteiger partial charge >= 0.3 is 0 Å². The Balaban J connectivity index is 1.62. The standard InChI is InChI=1S/C19H16ClN5O/c1-25(11-12-3-2-5-21-8-12)19(26)16-7-13(9-23-16)17-14-4-6-22-18(14)24-10-15(17)20/h2-10,23H,11H2,1H3,(H,22,24). The predicted octanol–water partition coefficient (Wildman–Crippen LogP) is 3.88. The number of carbonyl (C=O) groups excluding carboxylic acids is 1. The Morgan fingerprint density at radius 3 is 2.96 bits per heavy atom. The molecule has 0 bridgehead atoms. The van der Waals surface area contributed by atoms with E-state index in [0.717, 1.165) is 27.7 Å². The summed E-state index contributed by atoms with van der Waals surface area (Å²) in [5.74, 6) is -0.101. The number of nitrogens with one attached hydrogen (secondary N) is 2. The van der Waals surface area contributed by atoms with Crippen molar-refractivity contribution in [1.82, 2.24) is 24.8 Å². The summed E-state index contributed by atoms with van der Waals surface area (Å²) >= 11 is 6.36. The highest BCUT2D eigenvalue weighted by Crippen LogP contribution is 2.34. The van der Waals surface area contributed by atoms with Crippen LogP contribution < -0.4 is 0 Å². The fourth-order valence-corrected chi connectivity index (χ4v) is 3.24. The molecule has 0 unspecified atom stereocenters. The summed E-state index contributed by atoms with van der Waals surface area (Å²) in [6.07, 6.45) is 8.68. The molecule has 0 fully saturated rings. The topological polar surface area (TPSA) is 77.7 Å². The van der Waals surface area contributed by atoms with Crippen LogP contribution in [-0.2, 0) is 6.54 Å². The molecule has 0 aliphatic carbocycles. The third kappa shape index (κ3) is 2.95. The van der Waals surface area contributed by atoms with E-state index in [4.69, 9.17) is 11.6 Å². The number of amides is 1. The van der Waals surface area contributed by atoms with Crippen molar-refractivity contribution in [3.05, 3.63) is 71.5 Å². The second kappa shape index (κ2) is 6.65. The average Bonchev–Trinajstić information content (AvgIpc) is 3.31. The van der Waals surface area contributed by atoms with Gasteiger partial charge < -0.3 is 14.9 Å². The average molecular weight is 366 g/mol. The second-order valence-corrected chi connectivity index (χ2v) is 6.45. The van der Waals surface area contributed by atoms with E-state index < -0.39 is 0 Å². The van der Waals surface area contributed by atoms with Gasteiger partial charge in [0.05, 0.1) is 5.02 Å². The fraction of sp³-hybridized carbons (Fsp3) is 0.105. The van der Waals surface area contributed by atoms with Crippen LogP contribution in [0.25, 0.3) is 22.2 Å². The minimum atomic E-state index is -0.101. The van der Waals surface area contributed by atoms with Crippen LogP contribution in [0.2, 0.25) is 5.02 Å². The third-order valence-electron chi connectivity index (χ3n) is 4.23. The van der Waals surface area contributed by atoms with E-state index in [2.05, 4.69) is 19.9 Å². The normalized spacial score (nSPS) is 11.0. The fourth-order valence-electron chi connectivity index (χ4n) is 2.98. The molecule has 4 aromatic rings. The number of aromatic nitrogens is 4. The van der Waals surface area contributed by atoms with E-state index in [1.807, 2.05) is 30.5 Å². The molecule has 0 spiro atoms. The van der Waals surface area contributed by atoms with Crippen molar-refractivity contribution in [2.75, 3.05) is 7.05 Å². The Bertz CT molecular complexity index is 1070. The van der Waals surface area contributed by atoms with Gasteiger partial charge in [0.1, 0.15) is 11.3 Å². The summed E-state index contributed by atoms with van der Waals surface area (Å²) in [6.45, 7) is 0.485. The molecule has 6 nitrogen and oxygen atoms in total. The Morgan fingerprint density at radius 2 is 2.15 bits per heavy atom. The lowest BCUT2D eigenvalue weighted by Gasteiger charge is -2.16. The first-order valence-corrected chi connectivity index (χ1v) is 8.46. The maximum Gasteiger partial charge on any atom is 0.270 e. The van der Waals surface area contributed by atoms with Gasteiger partial charge in [0.15, 0.2) is 0 Å². The summed E-state index contributed by atoms with van der Waals surface area (Å²) in [6, 6.07) is 7.53. The van der Waals surface area contributed by atoms with E-state index in [9.17, 15) is 4.79 Å². The van der Waals surface area contributed by atoms with E-state index >= 15 is 0 Å². The van der Waals surface area contributed by atoms with Crippen LogP contribution in [0.3, 0.4) is 0 Å². The molecule has 0 saturated carbocycles. The van der Waals surface area contributed by atoms with Crippen molar-refractivity contribution >= 4 is 28.5 Å². The Morgan fingerprint density at radius 1 is 1.27 bits per heavy atom. The molecule has 0 aromatic carbocycles. The Kier molecular flexibility index (Phi) is 4.18. The van der Waals surface area contributed by atoms with Gasteiger partial charge in [0.2, 0.25) is 0 Å². The first kappa shape index (κ1) is 16.4. The number of rotatable bonds is 4. The maximum atomic E-state index is 12.7. The highest BCUT2D eigenvalue weighted by molar-refractivity contribution is 6.34. The highest BCUT2D eigenvalue weighted by atomic mass is 35.5. The van der Waals surface area contributed by atoms with Gasteiger partial charge in [-0.3, -0.25) is 9.78 Å². The summed E-state index contributed by atoms with van der Waals surface area (Å²) in [5.41, 5.74) is 3.93. The minimum Gasteiger partial charge on any atom is -0.357 e. The quantitative estimate of drug-likeness (QED) is 0.576. The first-order valence-electron chi connectivity index (χ1n) is 8.08. The highest BCUT2D eigenvalue weighted by Gasteiger charge is 2.17. The number of fused-ring (bicyclic) bond motifs is 1. The molecule has 4 rings (SSSR count). The van der Waals surface area contributed by atoms with Crippen LogP contribution in [-0.4, -0.2) is 37.8 Å².